The Morgan fingerprint density at radius 2 is 1.94 bits per heavy atom. The van der Waals surface area contributed by atoms with Crippen molar-refractivity contribution in [3.05, 3.63) is 17.5 Å². The maximum absolute atomic E-state index is 7.49. The fourth-order valence-corrected chi connectivity index (χ4v) is 1.74. The van der Waals surface area contributed by atoms with Crippen LogP contribution in [0, 0.1) is 18.3 Å². The maximum atomic E-state index is 7.49. The summed E-state index contributed by atoms with van der Waals surface area (Å²) < 4.78 is 0. The molecule has 18 heavy (non-hydrogen) atoms. The second-order valence-electron chi connectivity index (χ2n) is 5.25. The van der Waals surface area contributed by atoms with Crippen LogP contribution in [0.2, 0.25) is 0 Å². The molecule has 5 nitrogen and oxygen atoms in total. The molecule has 0 radical (unpaired) electrons. The largest absolute Gasteiger partial charge is 0.382 e. The lowest BCUT2D eigenvalue weighted by Gasteiger charge is -2.28. The fourth-order valence-electron chi connectivity index (χ4n) is 1.74. The molecule has 0 atom stereocenters. The molecule has 100 valence electrons. The van der Waals surface area contributed by atoms with Gasteiger partial charge in [0.15, 0.2) is 0 Å². The summed E-state index contributed by atoms with van der Waals surface area (Å²) in [7, 11) is 0. The van der Waals surface area contributed by atoms with E-state index in [0.29, 0.717) is 23.6 Å². The number of aryl methyl sites for hydroxylation is 1. The fraction of sp³-hybridized carbons (Fsp3) is 0.615. The summed E-state index contributed by atoms with van der Waals surface area (Å²) in [6.07, 6.45) is 0. The molecule has 0 unspecified atom stereocenters. The van der Waals surface area contributed by atoms with E-state index < -0.39 is 0 Å². The number of anilines is 1. The van der Waals surface area contributed by atoms with Crippen LogP contribution in [0.4, 0.5) is 5.95 Å². The minimum atomic E-state index is -0.0185. The van der Waals surface area contributed by atoms with Crippen molar-refractivity contribution in [1.82, 2.24) is 9.97 Å². The van der Waals surface area contributed by atoms with Crippen molar-refractivity contribution >= 4 is 11.8 Å². The van der Waals surface area contributed by atoms with Crippen molar-refractivity contribution in [3.63, 3.8) is 0 Å². The van der Waals surface area contributed by atoms with Gasteiger partial charge in [-0.05, 0) is 32.8 Å². The van der Waals surface area contributed by atoms with Crippen molar-refractivity contribution in [3.8, 4) is 0 Å². The third-order valence-corrected chi connectivity index (χ3v) is 2.56. The lowest BCUT2D eigenvalue weighted by atomic mass is 10.2. The number of hydrogen-bond acceptors (Lipinski definition) is 4. The van der Waals surface area contributed by atoms with Crippen LogP contribution in [0.5, 0.6) is 0 Å². The Morgan fingerprint density at radius 3 is 2.39 bits per heavy atom. The molecule has 0 fully saturated rings. The first-order chi connectivity index (χ1) is 8.31. The smallest absolute Gasteiger partial charge is 0.226 e. The second-order valence-corrected chi connectivity index (χ2v) is 5.25. The molecule has 0 aromatic carbocycles. The number of aromatic nitrogens is 2. The van der Waals surface area contributed by atoms with Gasteiger partial charge in [-0.3, -0.25) is 5.41 Å². The van der Waals surface area contributed by atoms with Crippen LogP contribution in [-0.2, 0) is 0 Å². The van der Waals surface area contributed by atoms with Crippen LogP contribution in [0.15, 0.2) is 6.07 Å². The highest BCUT2D eigenvalue weighted by Gasteiger charge is 2.16. The molecule has 0 amide bonds. The van der Waals surface area contributed by atoms with Gasteiger partial charge in [0.1, 0.15) is 11.5 Å². The Bertz CT molecular complexity index is 425. The van der Waals surface area contributed by atoms with Crippen LogP contribution < -0.4 is 10.6 Å². The standard InChI is InChI=1S/C13H23N5/c1-8(2)7-18(9(3)4)13-16-10(5)6-11(17-13)12(14)15/h6,8-9H,7H2,1-5H3,(H3,14,15). The second kappa shape index (κ2) is 5.80. The highest BCUT2D eigenvalue weighted by molar-refractivity contribution is 5.93. The van der Waals surface area contributed by atoms with Crippen LogP contribution in [-0.4, -0.2) is 28.4 Å². The molecule has 0 aliphatic carbocycles. The van der Waals surface area contributed by atoms with E-state index in [1.54, 1.807) is 6.07 Å². The van der Waals surface area contributed by atoms with Crippen LogP contribution in [0.3, 0.4) is 0 Å². The predicted octanol–water partition coefficient (Wildman–Crippen LogP) is 1.94. The number of rotatable bonds is 5. The average Bonchev–Trinajstić information content (AvgIpc) is 2.24. The third-order valence-electron chi connectivity index (χ3n) is 2.56. The Balaban J connectivity index is 3.15. The molecule has 3 N–H and O–H groups in total. The Kier molecular flexibility index (Phi) is 4.64. The molecule has 0 saturated carbocycles. The quantitative estimate of drug-likeness (QED) is 0.617. The first-order valence-electron chi connectivity index (χ1n) is 6.28. The molecule has 0 aliphatic rings. The number of hydrogen-bond donors (Lipinski definition) is 2. The molecular weight excluding hydrogens is 226 g/mol. The predicted molar refractivity (Wildman–Crippen MR) is 75.1 cm³/mol. The number of amidine groups is 1. The molecule has 5 heteroatoms. The lowest BCUT2D eigenvalue weighted by Crippen LogP contribution is -2.36. The summed E-state index contributed by atoms with van der Waals surface area (Å²) in [5.41, 5.74) is 6.83. The normalized spacial score (nSPS) is 11.1. The van der Waals surface area contributed by atoms with E-state index in [1.807, 2.05) is 6.92 Å². The van der Waals surface area contributed by atoms with Crippen molar-refractivity contribution in [2.45, 2.75) is 40.7 Å². The van der Waals surface area contributed by atoms with Crippen molar-refractivity contribution in [1.29, 1.82) is 5.41 Å². The summed E-state index contributed by atoms with van der Waals surface area (Å²) in [5, 5.41) is 7.49. The van der Waals surface area contributed by atoms with E-state index in [4.69, 9.17) is 11.1 Å². The van der Waals surface area contributed by atoms with E-state index in [-0.39, 0.29) is 5.84 Å². The molecule has 1 aromatic rings. The van der Waals surface area contributed by atoms with Gasteiger partial charge in [-0.15, -0.1) is 0 Å². The van der Waals surface area contributed by atoms with Crippen LogP contribution in [0.1, 0.15) is 39.1 Å². The molecule has 1 heterocycles. The van der Waals surface area contributed by atoms with Gasteiger partial charge in [-0.2, -0.15) is 0 Å². The Hall–Kier alpha value is -1.65. The van der Waals surface area contributed by atoms with Gasteiger partial charge in [-0.25, -0.2) is 9.97 Å². The topological polar surface area (TPSA) is 78.9 Å². The first kappa shape index (κ1) is 14.4. The monoisotopic (exact) mass is 249 g/mol. The van der Waals surface area contributed by atoms with E-state index in [9.17, 15) is 0 Å². The van der Waals surface area contributed by atoms with E-state index >= 15 is 0 Å². The highest BCUT2D eigenvalue weighted by atomic mass is 15.3. The maximum Gasteiger partial charge on any atom is 0.226 e. The summed E-state index contributed by atoms with van der Waals surface area (Å²) in [4.78, 5) is 11.0. The summed E-state index contributed by atoms with van der Waals surface area (Å²) in [6.45, 7) is 11.3. The van der Waals surface area contributed by atoms with Gasteiger partial charge >= 0.3 is 0 Å². The number of nitrogen functional groups attached to an aromatic ring is 1. The molecule has 0 bridgehead atoms. The first-order valence-corrected chi connectivity index (χ1v) is 6.28. The van der Waals surface area contributed by atoms with Gasteiger partial charge in [-0.1, -0.05) is 13.8 Å². The molecule has 0 saturated heterocycles. The molecule has 1 rings (SSSR count). The van der Waals surface area contributed by atoms with Crippen molar-refractivity contribution < 1.29 is 0 Å². The minimum absolute atomic E-state index is 0.0185. The molecule has 0 aliphatic heterocycles. The van der Waals surface area contributed by atoms with Gasteiger partial charge in [0.25, 0.3) is 0 Å². The number of nitrogens with zero attached hydrogens (tertiary/aromatic N) is 3. The highest BCUT2D eigenvalue weighted by Crippen LogP contribution is 2.15. The summed E-state index contributed by atoms with van der Waals surface area (Å²) >= 11 is 0. The van der Waals surface area contributed by atoms with Crippen molar-refractivity contribution in [2.75, 3.05) is 11.4 Å². The summed E-state index contributed by atoms with van der Waals surface area (Å²) in [6, 6.07) is 2.05. The van der Waals surface area contributed by atoms with Gasteiger partial charge < -0.3 is 10.6 Å². The average molecular weight is 249 g/mol. The Morgan fingerprint density at radius 1 is 1.33 bits per heavy atom. The van der Waals surface area contributed by atoms with Gasteiger partial charge in [0.05, 0.1) is 0 Å². The zero-order chi connectivity index (χ0) is 13.9. The van der Waals surface area contributed by atoms with Gasteiger partial charge in [0.2, 0.25) is 5.95 Å². The SMILES string of the molecule is Cc1cc(C(=N)N)nc(N(CC(C)C)C(C)C)n1. The summed E-state index contributed by atoms with van der Waals surface area (Å²) in [5.74, 6) is 1.16. The van der Waals surface area contributed by atoms with E-state index in [2.05, 4.69) is 42.6 Å². The minimum Gasteiger partial charge on any atom is -0.382 e. The molecular formula is C13H23N5. The van der Waals surface area contributed by atoms with Gasteiger partial charge in [0, 0.05) is 18.3 Å². The van der Waals surface area contributed by atoms with E-state index in [1.165, 1.54) is 0 Å². The zero-order valence-corrected chi connectivity index (χ0v) is 11.9. The molecule has 1 aromatic heterocycles. The molecule has 0 spiro atoms. The zero-order valence-electron chi connectivity index (χ0n) is 11.9. The Labute approximate surface area is 109 Å². The van der Waals surface area contributed by atoms with E-state index in [0.717, 1.165) is 12.2 Å². The number of nitrogens with two attached hydrogens (primary N) is 1. The lowest BCUT2D eigenvalue weighted by molar-refractivity contribution is 0.559. The number of nitrogens with one attached hydrogen (secondary N) is 1. The van der Waals surface area contributed by atoms with Crippen LogP contribution >= 0.6 is 0 Å². The van der Waals surface area contributed by atoms with Crippen LogP contribution in [0.25, 0.3) is 0 Å². The third kappa shape index (κ3) is 3.68. The van der Waals surface area contributed by atoms with Crippen molar-refractivity contribution in [2.24, 2.45) is 11.7 Å².